The lowest BCUT2D eigenvalue weighted by molar-refractivity contribution is -0.129. The number of hydrogen-bond acceptors (Lipinski definition) is 3. The Labute approximate surface area is 118 Å². The average Bonchev–Trinajstić information content (AvgIpc) is 2.65. The molecule has 0 radical (unpaired) electrons. The van der Waals surface area contributed by atoms with E-state index in [9.17, 15) is 9.59 Å². The summed E-state index contributed by atoms with van der Waals surface area (Å²) in [6, 6.07) is 8.73. The smallest absolute Gasteiger partial charge is 0.242 e. The minimum absolute atomic E-state index is 0.0934. The van der Waals surface area contributed by atoms with Gasteiger partial charge in [0.1, 0.15) is 6.04 Å². The molecule has 1 aromatic rings. The normalized spacial score (nSPS) is 20.6. The Morgan fingerprint density at radius 2 is 2.10 bits per heavy atom. The fraction of sp³-hybridized carbons (Fsp3) is 0.467. The zero-order valence-corrected chi connectivity index (χ0v) is 11.5. The van der Waals surface area contributed by atoms with E-state index in [4.69, 9.17) is 5.73 Å². The number of carbonyl (C=O) groups is 2. The highest BCUT2D eigenvalue weighted by molar-refractivity contribution is 5.87. The highest BCUT2D eigenvalue weighted by atomic mass is 16.2. The third kappa shape index (κ3) is 4.06. The standard InChI is InChI=1S/C15H21N3O2/c16-12(11-6-2-1-3-7-11)10-14(19)18-13-8-4-5-9-17-15(13)20/h1-3,6-7,12-13H,4-5,8-10,16H2,(H,17,20)(H,18,19). The summed E-state index contributed by atoms with van der Waals surface area (Å²) >= 11 is 0. The fourth-order valence-electron chi connectivity index (χ4n) is 2.35. The first kappa shape index (κ1) is 14.5. The van der Waals surface area contributed by atoms with Crippen LogP contribution in [0.5, 0.6) is 0 Å². The second kappa shape index (κ2) is 7.05. The van der Waals surface area contributed by atoms with E-state index in [1.54, 1.807) is 0 Å². The van der Waals surface area contributed by atoms with E-state index < -0.39 is 6.04 Å². The number of nitrogens with two attached hydrogens (primary N) is 1. The van der Waals surface area contributed by atoms with Gasteiger partial charge in [-0.3, -0.25) is 9.59 Å². The first-order chi connectivity index (χ1) is 9.66. The zero-order chi connectivity index (χ0) is 14.4. The first-order valence-electron chi connectivity index (χ1n) is 7.04. The minimum Gasteiger partial charge on any atom is -0.354 e. The van der Waals surface area contributed by atoms with E-state index in [-0.39, 0.29) is 24.3 Å². The summed E-state index contributed by atoms with van der Waals surface area (Å²) in [5, 5.41) is 5.58. The van der Waals surface area contributed by atoms with Crippen molar-refractivity contribution in [3.05, 3.63) is 35.9 Å². The van der Waals surface area contributed by atoms with Crippen molar-refractivity contribution in [2.24, 2.45) is 5.73 Å². The number of hydrogen-bond donors (Lipinski definition) is 3. The molecule has 5 heteroatoms. The van der Waals surface area contributed by atoms with Gasteiger partial charge in [0.05, 0.1) is 0 Å². The third-order valence-electron chi connectivity index (χ3n) is 3.50. The summed E-state index contributed by atoms with van der Waals surface area (Å²) in [6.07, 6.45) is 2.78. The maximum atomic E-state index is 12.0. The molecule has 0 spiro atoms. The molecule has 1 heterocycles. The van der Waals surface area contributed by atoms with Crippen LogP contribution in [0.15, 0.2) is 30.3 Å². The lowest BCUT2D eigenvalue weighted by Crippen LogP contribution is -2.46. The van der Waals surface area contributed by atoms with E-state index in [0.29, 0.717) is 13.0 Å². The van der Waals surface area contributed by atoms with Gasteiger partial charge in [-0.2, -0.15) is 0 Å². The number of rotatable bonds is 4. The Bertz CT molecular complexity index is 461. The van der Waals surface area contributed by atoms with Crippen molar-refractivity contribution in [3.8, 4) is 0 Å². The predicted molar refractivity (Wildman–Crippen MR) is 76.8 cm³/mol. The summed E-state index contributed by atoms with van der Waals surface area (Å²) in [5.74, 6) is -0.271. The summed E-state index contributed by atoms with van der Waals surface area (Å²) in [6.45, 7) is 0.689. The summed E-state index contributed by atoms with van der Waals surface area (Å²) < 4.78 is 0. The van der Waals surface area contributed by atoms with Crippen molar-refractivity contribution in [3.63, 3.8) is 0 Å². The van der Waals surface area contributed by atoms with Crippen LogP contribution in [0.2, 0.25) is 0 Å². The van der Waals surface area contributed by atoms with Crippen LogP contribution in [-0.2, 0) is 9.59 Å². The summed E-state index contributed by atoms with van der Waals surface area (Å²) in [5.41, 5.74) is 6.93. The lowest BCUT2D eigenvalue weighted by atomic mass is 10.0. The highest BCUT2D eigenvalue weighted by Crippen LogP contribution is 2.13. The van der Waals surface area contributed by atoms with Gasteiger partial charge in [0.2, 0.25) is 11.8 Å². The maximum absolute atomic E-state index is 12.0. The van der Waals surface area contributed by atoms with E-state index in [1.165, 1.54) is 0 Å². The Hall–Kier alpha value is -1.88. The van der Waals surface area contributed by atoms with Crippen LogP contribution in [-0.4, -0.2) is 24.4 Å². The van der Waals surface area contributed by atoms with Crippen molar-refractivity contribution >= 4 is 11.8 Å². The van der Waals surface area contributed by atoms with Gasteiger partial charge in [0.15, 0.2) is 0 Å². The first-order valence-corrected chi connectivity index (χ1v) is 7.04. The molecule has 1 saturated heterocycles. The molecule has 0 aliphatic carbocycles. The molecule has 0 bridgehead atoms. The van der Waals surface area contributed by atoms with Crippen molar-refractivity contribution in [2.75, 3.05) is 6.54 Å². The fourth-order valence-corrected chi connectivity index (χ4v) is 2.35. The average molecular weight is 275 g/mol. The Kier molecular flexibility index (Phi) is 5.12. The molecule has 2 rings (SSSR count). The quantitative estimate of drug-likeness (QED) is 0.762. The van der Waals surface area contributed by atoms with Gasteiger partial charge in [0, 0.05) is 19.0 Å². The number of carbonyl (C=O) groups excluding carboxylic acids is 2. The van der Waals surface area contributed by atoms with Gasteiger partial charge in [-0.15, -0.1) is 0 Å². The van der Waals surface area contributed by atoms with Crippen LogP contribution in [0, 0.1) is 0 Å². The molecule has 1 fully saturated rings. The van der Waals surface area contributed by atoms with Crippen LogP contribution >= 0.6 is 0 Å². The SMILES string of the molecule is NC(CC(=O)NC1CCCCNC1=O)c1ccccc1. The second-order valence-corrected chi connectivity index (χ2v) is 5.13. The van der Waals surface area contributed by atoms with Gasteiger partial charge < -0.3 is 16.4 Å². The molecular formula is C15H21N3O2. The van der Waals surface area contributed by atoms with Crippen molar-refractivity contribution < 1.29 is 9.59 Å². The van der Waals surface area contributed by atoms with Crippen LogP contribution in [0.1, 0.15) is 37.3 Å². The molecule has 0 aromatic heterocycles. The number of amides is 2. The van der Waals surface area contributed by atoms with Crippen LogP contribution in [0.4, 0.5) is 0 Å². The highest BCUT2D eigenvalue weighted by Gasteiger charge is 2.23. The third-order valence-corrected chi connectivity index (χ3v) is 3.50. The molecule has 2 atom stereocenters. The van der Waals surface area contributed by atoms with Crippen LogP contribution in [0.25, 0.3) is 0 Å². The largest absolute Gasteiger partial charge is 0.354 e. The zero-order valence-electron chi connectivity index (χ0n) is 11.5. The Morgan fingerprint density at radius 1 is 1.35 bits per heavy atom. The molecule has 0 saturated carbocycles. The van der Waals surface area contributed by atoms with Gasteiger partial charge >= 0.3 is 0 Å². The Morgan fingerprint density at radius 3 is 2.85 bits per heavy atom. The van der Waals surface area contributed by atoms with E-state index in [2.05, 4.69) is 10.6 Å². The van der Waals surface area contributed by atoms with Gasteiger partial charge in [-0.1, -0.05) is 30.3 Å². The number of nitrogens with one attached hydrogen (secondary N) is 2. The van der Waals surface area contributed by atoms with Crippen LogP contribution < -0.4 is 16.4 Å². The molecule has 108 valence electrons. The summed E-state index contributed by atoms with van der Waals surface area (Å²) in [7, 11) is 0. The maximum Gasteiger partial charge on any atom is 0.242 e. The van der Waals surface area contributed by atoms with Crippen molar-refractivity contribution in [1.29, 1.82) is 0 Å². The van der Waals surface area contributed by atoms with Gasteiger partial charge in [-0.05, 0) is 24.8 Å². The van der Waals surface area contributed by atoms with Gasteiger partial charge in [-0.25, -0.2) is 0 Å². The molecule has 2 unspecified atom stereocenters. The predicted octanol–water partition coefficient (Wildman–Crippen LogP) is 0.861. The number of benzene rings is 1. The van der Waals surface area contributed by atoms with E-state index in [1.807, 2.05) is 30.3 Å². The molecule has 4 N–H and O–H groups in total. The topological polar surface area (TPSA) is 84.2 Å². The molecule has 1 aliphatic heterocycles. The van der Waals surface area contributed by atoms with Gasteiger partial charge in [0.25, 0.3) is 0 Å². The van der Waals surface area contributed by atoms with Crippen molar-refractivity contribution in [1.82, 2.24) is 10.6 Å². The lowest BCUT2D eigenvalue weighted by Gasteiger charge is -2.17. The second-order valence-electron chi connectivity index (χ2n) is 5.13. The molecule has 1 aliphatic rings. The minimum atomic E-state index is -0.423. The molecule has 2 amide bonds. The van der Waals surface area contributed by atoms with Crippen LogP contribution in [0.3, 0.4) is 0 Å². The molecular weight excluding hydrogens is 254 g/mol. The Balaban J connectivity index is 1.87. The summed E-state index contributed by atoms with van der Waals surface area (Å²) in [4.78, 5) is 23.7. The molecule has 1 aromatic carbocycles. The molecule has 20 heavy (non-hydrogen) atoms. The monoisotopic (exact) mass is 275 g/mol. The van der Waals surface area contributed by atoms with E-state index in [0.717, 1.165) is 18.4 Å². The molecule has 5 nitrogen and oxygen atoms in total. The van der Waals surface area contributed by atoms with Crippen molar-refractivity contribution in [2.45, 2.75) is 37.8 Å². The van der Waals surface area contributed by atoms with E-state index >= 15 is 0 Å².